The molecule has 1 saturated heterocycles. The number of hydrogen-bond donors (Lipinski definition) is 1. The van der Waals surface area contributed by atoms with Gasteiger partial charge >= 0.3 is 0 Å². The van der Waals surface area contributed by atoms with Gasteiger partial charge in [-0.25, -0.2) is 4.39 Å². The van der Waals surface area contributed by atoms with E-state index in [2.05, 4.69) is 10.2 Å². The first kappa shape index (κ1) is 19.0. The molecule has 3 rings (SSSR count). The Hall–Kier alpha value is -2.73. The lowest BCUT2D eigenvalue weighted by Crippen LogP contribution is -2.47. The van der Waals surface area contributed by atoms with Gasteiger partial charge in [-0.15, -0.1) is 0 Å². The summed E-state index contributed by atoms with van der Waals surface area (Å²) < 4.78 is 12.9. The normalized spacial score (nSPS) is 14.8. The molecule has 1 aliphatic heterocycles. The summed E-state index contributed by atoms with van der Waals surface area (Å²) in [5, 5.41) is 2.85. The van der Waals surface area contributed by atoms with Gasteiger partial charge in [-0.1, -0.05) is 12.1 Å². The minimum absolute atomic E-state index is 0.00590. The van der Waals surface area contributed by atoms with Gasteiger partial charge in [0.05, 0.1) is 0 Å². The lowest BCUT2D eigenvalue weighted by Gasteiger charge is -2.32. The molecule has 2 aromatic rings. The highest BCUT2D eigenvalue weighted by atomic mass is 19.1. The van der Waals surface area contributed by atoms with E-state index in [1.54, 1.807) is 36.4 Å². The maximum absolute atomic E-state index is 12.9. The lowest BCUT2D eigenvalue weighted by molar-refractivity contribution is 0.0663. The second-order valence-electron chi connectivity index (χ2n) is 6.81. The third-order valence-corrected chi connectivity index (χ3v) is 4.80. The molecule has 0 unspecified atom stereocenters. The fourth-order valence-electron chi connectivity index (χ4n) is 3.03. The molecule has 0 spiro atoms. The second kappa shape index (κ2) is 8.77. The smallest absolute Gasteiger partial charge is 0.253 e. The molecule has 0 atom stereocenters. The van der Waals surface area contributed by atoms with Crippen LogP contribution in [0.1, 0.15) is 26.3 Å². The number of likely N-dealkylation sites (N-methyl/N-ethyl adjacent to an activating group) is 1. The van der Waals surface area contributed by atoms with Crippen molar-refractivity contribution in [1.82, 2.24) is 15.1 Å². The Morgan fingerprint density at radius 2 is 1.52 bits per heavy atom. The van der Waals surface area contributed by atoms with Crippen LogP contribution in [0.5, 0.6) is 0 Å². The average molecular weight is 369 g/mol. The average Bonchev–Trinajstić information content (AvgIpc) is 2.69. The molecule has 2 aromatic carbocycles. The molecule has 6 heteroatoms. The minimum Gasteiger partial charge on any atom is -0.352 e. The monoisotopic (exact) mass is 369 g/mol. The summed E-state index contributed by atoms with van der Waals surface area (Å²) in [6.45, 7) is 3.66. The fraction of sp³-hybridized carbons (Fsp3) is 0.333. The van der Waals surface area contributed by atoms with Gasteiger partial charge in [0.1, 0.15) is 5.82 Å². The summed E-state index contributed by atoms with van der Waals surface area (Å²) in [5.74, 6) is -0.448. The van der Waals surface area contributed by atoms with Gasteiger partial charge in [0.15, 0.2) is 0 Å². The van der Waals surface area contributed by atoms with Crippen LogP contribution in [0, 0.1) is 5.82 Å². The number of hydrogen-bond acceptors (Lipinski definition) is 3. The standard InChI is InChI=1S/C21H24FN3O2/c1-24-12-14-25(15-13-24)21(27)18-6-4-17(5-7-18)20(26)23-11-10-16-2-8-19(22)9-3-16/h2-9H,10-15H2,1H3,(H,23,26). The van der Waals surface area contributed by atoms with Crippen LogP contribution in [-0.4, -0.2) is 61.4 Å². The molecule has 5 nitrogen and oxygen atoms in total. The number of piperazine rings is 1. The fourth-order valence-corrected chi connectivity index (χ4v) is 3.03. The molecule has 1 aliphatic rings. The first-order chi connectivity index (χ1) is 13.0. The second-order valence-corrected chi connectivity index (χ2v) is 6.81. The van der Waals surface area contributed by atoms with Crippen molar-refractivity contribution in [3.63, 3.8) is 0 Å². The van der Waals surface area contributed by atoms with Crippen LogP contribution in [0.25, 0.3) is 0 Å². The summed E-state index contributed by atoms with van der Waals surface area (Å²) in [6, 6.07) is 13.0. The number of carbonyl (C=O) groups is 2. The van der Waals surface area contributed by atoms with Gasteiger partial charge in [-0.05, 0) is 55.4 Å². The van der Waals surface area contributed by atoms with Crippen molar-refractivity contribution < 1.29 is 14.0 Å². The van der Waals surface area contributed by atoms with Crippen molar-refractivity contribution in [1.29, 1.82) is 0 Å². The van der Waals surface area contributed by atoms with E-state index in [1.807, 2.05) is 11.9 Å². The Morgan fingerprint density at radius 1 is 0.926 bits per heavy atom. The molecular formula is C21H24FN3O2. The predicted octanol–water partition coefficient (Wildman–Crippen LogP) is 2.19. The van der Waals surface area contributed by atoms with Gasteiger partial charge in [0, 0.05) is 43.9 Å². The SMILES string of the molecule is CN1CCN(C(=O)c2ccc(C(=O)NCCc3ccc(F)cc3)cc2)CC1. The highest BCUT2D eigenvalue weighted by Gasteiger charge is 2.20. The van der Waals surface area contributed by atoms with Crippen LogP contribution in [0.4, 0.5) is 4.39 Å². The molecule has 1 N–H and O–H groups in total. The van der Waals surface area contributed by atoms with E-state index in [4.69, 9.17) is 0 Å². The molecule has 1 heterocycles. The van der Waals surface area contributed by atoms with Gasteiger partial charge < -0.3 is 15.1 Å². The maximum atomic E-state index is 12.9. The van der Waals surface area contributed by atoms with Crippen molar-refractivity contribution >= 4 is 11.8 Å². The number of carbonyl (C=O) groups excluding carboxylic acids is 2. The summed E-state index contributed by atoms with van der Waals surface area (Å²) in [7, 11) is 2.05. The Labute approximate surface area is 158 Å². The highest BCUT2D eigenvalue weighted by molar-refractivity contribution is 5.97. The molecule has 142 valence electrons. The predicted molar refractivity (Wildman–Crippen MR) is 102 cm³/mol. The molecule has 0 bridgehead atoms. The summed E-state index contributed by atoms with van der Waals surface area (Å²) in [4.78, 5) is 28.8. The molecule has 27 heavy (non-hydrogen) atoms. The largest absolute Gasteiger partial charge is 0.352 e. The van der Waals surface area contributed by atoms with E-state index >= 15 is 0 Å². The first-order valence-corrected chi connectivity index (χ1v) is 9.13. The zero-order valence-corrected chi connectivity index (χ0v) is 15.5. The van der Waals surface area contributed by atoms with Crippen LogP contribution >= 0.6 is 0 Å². The van der Waals surface area contributed by atoms with Crippen molar-refractivity contribution in [3.05, 3.63) is 71.0 Å². The molecule has 1 fully saturated rings. The number of amides is 2. The Bertz CT molecular complexity index is 782. The van der Waals surface area contributed by atoms with Gasteiger partial charge in [0.2, 0.25) is 0 Å². The van der Waals surface area contributed by atoms with Crippen molar-refractivity contribution in [2.75, 3.05) is 39.8 Å². The zero-order chi connectivity index (χ0) is 19.2. The molecule has 0 aromatic heterocycles. The first-order valence-electron chi connectivity index (χ1n) is 9.13. The summed E-state index contributed by atoms with van der Waals surface area (Å²) in [6.07, 6.45) is 0.631. The third kappa shape index (κ3) is 5.14. The maximum Gasteiger partial charge on any atom is 0.253 e. The number of benzene rings is 2. The van der Waals surface area contributed by atoms with Crippen LogP contribution in [0.15, 0.2) is 48.5 Å². The number of rotatable bonds is 5. The van der Waals surface area contributed by atoms with E-state index in [1.165, 1.54) is 12.1 Å². The van der Waals surface area contributed by atoms with Crippen LogP contribution < -0.4 is 5.32 Å². The molecule has 0 saturated carbocycles. The topological polar surface area (TPSA) is 52.7 Å². The van der Waals surface area contributed by atoms with Crippen molar-refractivity contribution in [2.45, 2.75) is 6.42 Å². The molecule has 0 aliphatic carbocycles. The van der Waals surface area contributed by atoms with E-state index in [9.17, 15) is 14.0 Å². The molecular weight excluding hydrogens is 345 g/mol. The van der Waals surface area contributed by atoms with Gasteiger partial charge in [-0.2, -0.15) is 0 Å². The van der Waals surface area contributed by atoms with Crippen LogP contribution in [0.2, 0.25) is 0 Å². The number of nitrogens with zero attached hydrogens (tertiary/aromatic N) is 2. The van der Waals surface area contributed by atoms with Crippen molar-refractivity contribution in [3.8, 4) is 0 Å². The minimum atomic E-state index is -0.269. The van der Waals surface area contributed by atoms with E-state index in [0.717, 1.165) is 31.7 Å². The van der Waals surface area contributed by atoms with Crippen LogP contribution in [0.3, 0.4) is 0 Å². The Morgan fingerprint density at radius 3 is 2.15 bits per heavy atom. The third-order valence-electron chi connectivity index (χ3n) is 4.80. The molecule has 0 radical (unpaired) electrons. The van der Waals surface area contributed by atoms with E-state index in [0.29, 0.717) is 24.1 Å². The van der Waals surface area contributed by atoms with E-state index < -0.39 is 0 Å². The Balaban J connectivity index is 1.51. The number of halogens is 1. The summed E-state index contributed by atoms with van der Waals surface area (Å²) in [5.41, 5.74) is 2.08. The van der Waals surface area contributed by atoms with E-state index in [-0.39, 0.29) is 17.6 Å². The van der Waals surface area contributed by atoms with Crippen molar-refractivity contribution in [2.24, 2.45) is 0 Å². The van der Waals surface area contributed by atoms with Gasteiger partial charge in [-0.3, -0.25) is 9.59 Å². The number of nitrogens with one attached hydrogen (secondary N) is 1. The van der Waals surface area contributed by atoms with Crippen LogP contribution in [-0.2, 0) is 6.42 Å². The quantitative estimate of drug-likeness (QED) is 0.879. The molecule has 2 amide bonds. The summed E-state index contributed by atoms with van der Waals surface area (Å²) >= 11 is 0. The zero-order valence-electron chi connectivity index (χ0n) is 15.5. The Kier molecular flexibility index (Phi) is 6.19. The van der Waals surface area contributed by atoms with Gasteiger partial charge in [0.25, 0.3) is 11.8 Å². The highest BCUT2D eigenvalue weighted by Crippen LogP contribution is 2.10. The lowest BCUT2D eigenvalue weighted by atomic mass is 10.1.